The number of fused-ring (bicyclic) bond motifs is 2. The first-order valence-corrected chi connectivity index (χ1v) is 9.48. The molecule has 2 aliphatic carbocycles. The molecule has 2 saturated carbocycles. The molecule has 0 aliphatic heterocycles. The number of benzene rings is 2. The van der Waals surface area contributed by atoms with Gasteiger partial charge in [0.1, 0.15) is 5.75 Å². The fourth-order valence-corrected chi connectivity index (χ4v) is 5.24. The molecule has 2 bridgehead atoms. The van der Waals surface area contributed by atoms with Crippen molar-refractivity contribution in [1.82, 2.24) is 0 Å². The topological polar surface area (TPSA) is 20.2 Å². The zero-order valence-electron chi connectivity index (χ0n) is 14.8. The number of hydrogen-bond acceptors (Lipinski definition) is 1. The quantitative estimate of drug-likeness (QED) is 0.745. The van der Waals surface area contributed by atoms with Gasteiger partial charge in [-0.2, -0.15) is 0 Å². The van der Waals surface area contributed by atoms with Crippen molar-refractivity contribution in [2.45, 2.75) is 51.4 Å². The fourth-order valence-electron chi connectivity index (χ4n) is 5.24. The number of phenolic OH excluding ortho intramolecular Hbond substituents is 1. The summed E-state index contributed by atoms with van der Waals surface area (Å²) >= 11 is 0. The van der Waals surface area contributed by atoms with E-state index in [1.54, 1.807) is 0 Å². The van der Waals surface area contributed by atoms with E-state index in [2.05, 4.69) is 56.3 Å². The molecular weight excluding hydrogens is 292 g/mol. The molecule has 0 saturated heterocycles. The molecule has 0 spiro atoms. The van der Waals surface area contributed by atoms with E-state index < -0.39 is 0 Å². The average Bonchev–Trinajstić information content (AvgIpc) is 3.16. The molecule has 2 aromatic rings. The monoisotopic (exact) mass is 320 g/mol. The van der Waals surface area contributed by atoms with E-state index in [1.165, 1.54) is 36.8 Å². The molecule has 1 N–H and O–H groups in total. The standard InChI is InChI=1S/C23H28O/c1-15(2)21-13-17(8-9-23(21)24)22-14-19-12-20(22)11-18(19)10-16-6-4-3-5-7-16/h3-9,13,15,18-20,22,24H,10-12,14H2,1-2H3. The minimum Gasteiger partial charge on any atom is -0.508 e. The second kappa shape index (κ2) is 6.27. The summed E-state index contributed by atoms with van der Waals surface area (Å²) in [5.41, 5.74) is 4.07. The largest absolute Gasteiger partial charge is 0.508 e. The van der Waals surface area contributed by atoms with Crippen LogP contribution in [0.5, 0.6) is 5.75 Å². The number of phenols is 1. The van der Waals surface area contributed by atoms with Crippen LogP contribution in [0.15, 0.2) is 48.5 Å². The molecule has 1 heteroatoms. The number of hydrogen-bond donors (Lipinski definition) is 1. The van der Waals surface area contributed by atoms with Crippen LogP contribution in [-0.2, 0) is 6.42 Å². The van der Waals surface area contributed by atoms with Crippen molar-refractivity contribution < 1.29 is 5.11 Å². The van der Waals surface area contributed by atoms with Crippen molar-refractivity contribution in [1.29, 1.82) is 0 Å². The van der Waals surface area contributed by atoms with Crippen LogP contribution in [0.1, 0.15) is 61.6 Å². The van der Waals surface area contributed by atoms with Crippen molar-refractivity contribution in [2.75, 3.05) is 0 Å². The summed E-state index contributed by atoms with van der Waals surface area (Å²) in [6.07, 6.45) is 5.37. The van der Waals surface area contributed by atoms with E-state index in [9.17, 15) is 5.11 Å². The van der Waals surface area contributed by atoms with E-state index in [0.717, 1.165) is 23.3 Å². The summed E-state index contributed by atoms with van der Waals surface area (Å²) in [6, 6.07) is 17.3. The lowest BCUT2D eigenvalue weighted by Crippen LogP contribution is -2.18. The zero-order chi connectivity index (χ0) is 16.7. The van der Waals surface area contributed by atoms with Gasteiger partial charge < -0.3 is 5.11 Å². The summed E-state index contributed by atoms with van der Waals surface area (Å²) in [6.45, 7) is 4.32. The smallest absolute Gasteiger partial charge is 0.119 e. The Morgan fingerprint density at radius 1 is 0.958 bits per heavy atom. The maximum atomic E-state index is 10.1. The van der Waals surface area contributed by atoms with Gasteiger partial charge in [0.25, 0.3) is 0 Å². The van der Waals surface area contributed by atoms with E-state index in [4.69, 9.17) is 0 Å². The Balaban J connectivity index is 1.48. The maximum Gasteiger partial charge on any atom is 0.119 e. The Morgan fingerprint density at radius 2 is 1.75 bits per heavy atom. The third-order valence-corrected chi connectivity index (χ3v) is 6.45. The Bertz CT molecular complexity index is 703. The molecule has 0 radical (unpaired) electrons. The van der Waals surface area contributed by atoms with Crippen LogP contribution in [-0.4, -0.2) is 5.11 Å². The van der Waals surface area contributed by atoms with Crippen LogP contribution in [0.2, 0.25) is 0 Å². The highest BCUT2D eigenvalue weighted by atomic mass is 16.3. The molecule has 2 fully saturated rings. The minimum absolute atomic E-state index is 0.384. The zero-order valence-corrected chi connectivity index (χ0v) is 14.8. The molecule has 4 rings (SSSR count). The number of aromatic hydroxyl groups is 1. The third-order valence-electron chi connectivity index (χ3n) is 6.45. The SMILES string of the molecule is CC(C)c1cc(C2CC3CC2CC3Cc2ccccc2)ccc1O. The van der Waals surface area contributed by atoms with Crippen molar-refractivity contribution in [3.05, 3.63) is 65.2 Å². The van der Waals surface area contributed by atoms with Crippen LogP contribution < -0.4 is 0 Å². The summed E-state index contributed by atoms with van der Waals surface area (Å²) in [4.78, 5) is 0. The number of rotatable bonds is 4. The Morgan fingerprint density at radius 3 is 2.42 bits per heavy atom. The first-order valence-electron chi connectivity index (χ1n) is 9.48. The van der Waals surface area contributed by atoms with Gasteiger partial charge in [-0.15, -0.1) is 0 Å². The van der Waals surface area contributed by atoms with E-state index in [-0.39, 0.29) is 0 Å². The molecular formula is C23H28O. The Labute approximate surface area is 145 Å². The van der Waals surface area contributed by atoms with Crippen LogP contribution in [0, 0.1) is 17.8 Å². The Kier molecular flexibility index (Phi) is 4.12. The predicted octanol–water partition coefficient (Wildman–Crippen LogP) is 5.89. The van der Waals surface area contributed by atoms with Gasteiger partial charge in [0.05, 0.1) is 0 Å². The highest BCUT2D eigenvalue weighted by molar-refractivity contribution is 5.40. The molecule has 24 heavy (non-hydrogen) atoms. The van der Waals surface area contributed by atoms with Crippen LogP contribution >= 0.6 is 0 Å². The Hall–Kier alpha value is -1.76. The molecule has 0 aromatic heterocycles. The van der Waals surface area contributed by atoms with Crippen LogP contribution in [0.4, 0.5) is 0 Å². The van der Waals surface area contributed by atoms with Crippen molar-refractivity contribution in [2.24, 2.45) is 17.8 Å². The van der Waals surface area contributed by atoms with E-state index in [1.807, 2.05) is 6.07 Å². The van der Waals surface area contributed by atoms with E-state index >= 15 is 0 Å². The molecule has 0 amide bonds. The summed E-state index contributed by atoms with van der Waals surface area (Å²) in [5.74, 6) is 4.15. The van der Waals surface area contributed by atoms with Gasteiger partial charge in [-0.1, -0.05) is 56.3 Å². The lowest BCUT2D eigenvalue weighted by Gasteiger charge is -2.29. The normalized spacial score (nSPS) is 28.6. The molecule has 2 aliphatic rings. The molecule has 0 heterocycles. The highest BCUT2D eigenvalue weighted by Crippen LogP contribution is 2.56. The van der Waals surface area contributed by atoms with Crippen LogP contribution in [0.3, 0.4) is 0 Å². The second-order valence-corrected chi connectivity index (χ2v) is 8.26. The lowest BCUT2D eigenvalue weighted by atomic mass is 9.76. The fraction of sp³-hybridized carbons (Fsp3) is 0.478. The van der Waals surface area contributed by atoms with Gasteiger partial charge in [-0.3, -0.25) is 0 Å². The summed E-state index contributed by atoms with van der Waals surface area (Å²) < 4.78 is 0. The highest BCUT2D eigenvalue weighted by Gasteiger charge is 2.45. The first kappa shape index (κ1) is 15.7. The summed E-state index contributed by atoms with van der Waals surface area (Å²) in [5, 5.41) is 10.1. The van der Waals surface area contributed by atoms with Gasteiger partial charge in [0.2, 0.25) is 0 Å². The molecule has 4 unspecified atom stereocenters. The third kappa shape index (κ3) is 2.85. The van der Waals surface area contributed by atoms with Gasteiger partial charge in [0, 0.05) is 0 Å². The van der Waals surface area contributed by atoms with Gasteiger partial charge >= 0.3 is 0 Å². The first-order chi connectivity index (χ1) is 11.6. The molecule has 126 valence electrons. The van der Waals surface area contributed by atoms with Gasteiger partial charge in [-0.05, 0) is 78.0 Å². The van der Waals surface area contributed by atoms with Gasteiger partial charge in [0.15, 0.2) is 0 Å². The van der Waals surface area contributed by atoms with Crippen molar-refractivity contribution in [3.8, 4) is 5.75 Å². The average molecular weight is 320 g/mol. The molecule has 4 atom stereocenters. The second-order valence-electron chi connectivity index (χ2n) is 8.26. The molecule has 2 aromatic carbocycles. The van der Waals surface area contributed by atoms with Crippen LogP contribution in [0.25, 0.3) is 0 Å². The molecule has 1 nitrogen and oxygen atoms in total. The summed E-state index contributed by atoms with van der Waals surface area (Å²) in [7, 11) is 0. The minimum atomic E-state index is 0.384. The van der Waals surface area contributed by atoms with Crippen molar-refractivity contribution >= 4 is 0 Å². The van der Waals surface area contributed by atoms with Gasteiger partial charge in [-0.25, -0.2) is 0 Å². The maximum absolute atomic E-state index is 10.1. The van der Waals surface area contributed by atoms with E-state index in [0.29, 0.717) is 17.6 Å². The lowest BCUT2D eigenvalue weighted by molar-refractivity contribution is 0.303. The van der Waals surface area contributed by atoms with Crippen molar-refractivity contribution in [3.63, 3.8) is 0 Å². The predicted molar refractivity (Wildman–Crippen MR) is 99.4 cm³/mol.